The second-order valence-corrected chi connectivity index (χ2v) is 7.67. The summed E-state index contributed by atoms with van der Waals surface area (Å²) in [6.45, 7) is 3.02. The van der Waals surface area contributed by atoms with Gasteiger partial charge in [-0.3, -0.25) is 0 Å². The molecule has 0 atom stereocenters. The van der Waals surface area contributed by atoms with Crippen LogP contribution in [0.15, 0.2) is 12.1 Å². The van der Waals surface area contributed by atoms with Crippen molar-refractivity contribution in [2.45, 2.75) is 44.6 Å². The lowest BCUT2D eigenvalue weighted by Gasteiger charge is -2.36. The number of carbonyl (C=O) groups is 1. The van der Waals surface area contributed by atoms with E-state index in [0.717, 1.165) is 32.0 Å². The lowest BCUT2D eigenvalue weighted by atomic mass is 9.95. The molecule has 2 aliphatic rings. The van der Waals surface area contributed by atoms with Crippen LogP contribution >= 0.6 is 0 Å². The Hall–Kier alpha value is -2.15. The highest BCUT2D eigenvalue weighted by Crippen LogP contribution is 2.39. The molecule has 7 heteroatoms. The summed E-state index contributed by atoms with van der Waals surface area (Å²) in [5, 5.41) is 5.87. The van der Waals surface area contributed by atoms with E-state index in [1.165, 1.54) is 25.7 Å². The fourth-order valence-electron chi connectivity index (χ4n) is 4.36. The molecule has 0 unspecified atom stereocenters. The Morgan fingerprint density at radius 2 is 1.61 bits per heavy atom. The number of nitrogens with zero attached hydrogens (tertiary/aromatic N) is 1. The molecule has 1 aromatic carbocycles. The molecule has 28 heavy (non-hydrogen) atoms. The summed E-state index contributed by atoms with van der Waals surface area (Å²) in [4.78, 5) is 15.0. The van der Waals surface area contributed by atoms with Crippen molar-refractivity contribution in [3.8, 4) is 17.2 Å². The topological polar surface area (TPSA) is 72.1 Å². The molecule has 3 rings (SSSR count). The van der Waals surface area contributed by atoms with Gasteiger partial charge in [-0.05, 0) is 44.7 Å². The summed E-state index contributed by atoms with van der Waals surface area (Å²) < 4.78 is 16.0. The summed E-state index contributed by atoms with van der Waals surface area (Å²) in [5.74, 6) is 2.07. The van der Waals surface area contributed by atoms with E-state index >= 15 is 0 Å². The van der Waals surface area contributed by atoms with Gasteiger partial charge in [0.05, 0.1) is 27.0 Å². The first-order valence-corrected chi connectivity index (χ1v) is 10.2. The molecule has 1 saturated carbocycles. The first kappa shape index (κ1) is 20.6. The van der Waals surface area contributed by atoms with Crippen molar-refractivity contribution in [3.63, 3.8) is 0 Å². The van der Waals surface area contributed by atoms with Crippen LogP contribution in [0.2, 0.25) is 0 Å². The first-order chi connectivity index (χ1) is 13.6. The monoisotopic (exact) mass is 391 g/mol. The van der Waals surface area contributed by atoms with Gasteiger partial charge in [-0.15, -0.1) is 0 Å². The molecule has 0 bridgehead atoms. The van der Waals surface area contributed by atoms with Gasteiger partial charge in [0.15, 0.2) is 11.5 Å². The molecule has 1 aromatic rings. The van der Waals surface area contributed by atoms with Crippen molar-refractivity contribution in [3.05, 3.63) is 12.1 Å². The zero-order chi connectivity index (χ0) is 19.9. The second-order valence-electron chi connectivity index (χ2n) is 7.67. The predicted octanol–water partition coefficient (Wildman–Crippen LogP) is 3.49. The Morgan fingerprint density at radius 3 is 2.14 bits per heavy atom. The molecular formula is C21H33N3O4. The van der Waals surface area contributed by atoms with E-state index in [9.17, 15) is 4.79 Å². The molecule has 1 saturated heterocycles. The fourth-order valence-corrected chi connectivity index (χ4v) is 4.36. The SMILES string of the molecule is COc1cc(NC(=O)NCC2CCN(C3CCCC3)CC2)cc(OC)c1OC. The number of hydrogen-bond acceptors (Lipinski definition) is 5. The lowest BCUT2D eigenvalue weighted by molar-refractivity contribution is 0.134. The molecule has 0 aromatic heterocycles. The molecule has 1 heterocycles. The number of carbonyl (C=O) groups excluding carboxylic acids is 1. The molecule has 7 nitrogen and oxygen atoms in total. The van der Waals surface area contributed by atoms with Crippen molar-refractivity contribution in [2.75, 3.05) is 46.3 Å². The molecule has 0 spiro atoms. The van der Waals surface area contributed by atoms with Crippen LogP contribution in [0, 0.1) is 5.92 Å². The summed E-state index contributed by atoms with van der Waals surface area (Å²) >= 11 is 0. The average molecular weight is 392 g/mol. The zero-order valence-corrected chi connectivity index (χ0v) is 17.3. The molecule has 2 fully saturated rings. The van der Waals surface area contributed by atoms with Crippen molar-refractivity contribution in [2.24, 2.45) is 5.92 Å². The zero-order valence-electron chi connectivity index (χ0n) is 17.3. The number of urea groups is 1. The summed E-state index contributed by atoms with van der Waals surface area (Å²) in [7, 11) is 4.66. The van der Waals surface area contributed by atoms with Gasteiger partial charge < -0.3 is 29.7 Å². The van der Waals surface area contributed by atoms with Gasteiger partial charge in [-0.1, -0.05) is 12.8 Å². The average Bonchev–Trinajstić information content (AvgIpc) is 3.26. The van der Waals surface area contributed by atoms with E-state index in [2.05, 4.69) is 15.5 Å². The van der Waals surface area contributed by atoms with Gasteiger partial charge in [0.1, 0.15) is 0 Å². The van der Waals surface area contributed by atoms with Gasteiger partial charge in [0.2, 0.25) is 5.75 Å². The summed E-state index contributed by atoms with van der Waals surface area (Å²) in [6.07, 6.45) is 7.79. The van der Waals surface area contributed by atoms with Crippen LogP contribution < -0.4 is 24.8 Å². The Kier molecular flexibility index (Phi) is 7.25. The minimum Gasteiger partial charge on any atom is -0.493 e. The van der Waals surface area contributed by atoms with Gasteiger partial charge >= 0.3 is 6.03 Å². The van der Waals surface area contributed by atoms with E-state index < -0.39 is 0 Å². The number of benzene rings is 1. The minimum absolute atomic E-state index is 0.215. The number of nitrogens with one attached hydrogen (secondary N) is 2. The molecule has 1 aliphatic carbocycles. The number of piperidine rings is 1. The highest BCUT2D eigenvalue weighted by molar-refractivity contribution is 5.90. The number of rotatable bonds is 7. The molecular weight excluding hydrogens is 358 g/mol. The highest BCUT2D eigenvalue weighted by Gasteiger charge is 2.27. The van der Waals surface area contributed by atoms with E-state index in [0.29, 0.717) is 35.4 Å². The quantitative estimate of drug-likeness (QED) is 0.744. The standard InChI is InChI=1S/C21H33N3O4/c1-26-18-12-16(13-19(27-2)20(18)28-3)23-21(25)22-14-15-8-10-24(11-9-15)17-6-4-5-7-17/h12-13,15,17H,4-11,14H2,1-3H3,(H2,22,23,25). The number of methoxy groups -OCH3 is 3. The molecule has 1 aliphatic heterocycles. The second kappa shape index (κ2) is 9.87. The number of anilines is 1. The summed E-state index contributed by atoms with van der Waals surface area (Å²) in [6, 6.07) is 4.03. The highest BCUT2D eigenvalue weighted by atomic mass is 16.5. The van der Waals surface area contributed by atoms with E-state index in [1.807, 2.05) is 0 Å². The lowest BCUT2D eigenvalue weighted by Crippen LogP contribution is -2.43. The van der Waals surface area contributed by atoms with Gasteiger partial charge in [-0.25, -0.2) is 4.79 Å². The third kappa shape index (κ3) is 5.01. The number of likely N-dealkylation sites (tertiary alicyclic amines) is 1. The maximum Gasteiger partial charge on any atom is 0.319 e. The Labute approximate surface area is 167 Å². The molecule has 2 amide bonds. The van der Waals surface area contributed by atoms with Crippen LogP contribution in [0.3, 0.4) is 0 Å². The Bertz CT molecular complexity index is 628. The fraction of sp³-hybridized carbons (Fsp3) is 0.667. The molecule has 0 radical (unpaired) electrons. The Morgan fingerprint density at radius 1 is 1.00 bits per heavy atom. The normalized spacial score (nSPS) is 18.7. The van der Waals surface area contributed by atoms with Gasteiger partial charge in [0.25, 0.3) is 0 Å². The Balaban J connectivity index is 1.47. The van der Waals surface area contributed by atoms with Gasteiger partial charge in [0, 0.05) is 24.7 Å². The van der Waals surface area contributed by atoms with Crippen LogP contribution in [0.4, 0.5) is 10.5 Å². The number of hydrogen-bond donors (Lipinski definition) is 2. The molecule has 156 valence electrons. The van der Waals surface area contributed by atoms with E-state index in [4.69, 9.17) is 14.2 Å². The third-order valence-electron chi connectivity index (χ3n) is 5.96. The van der Waals surface area contributed by atoms with Crippen molar-refractivity contribution in [1.82, 2.24) is 10.2 Å². The maximum atomic E-state index is 12.3. The first-order valence-electron chi connectivity index (χ1n) is 10.2. The maximum absolute atomic E-state index is 12.3. The van der Waals surface area contributed by atoms with Crippen LogP contribution in [0.5, 0.6) is 17.2 Å². The van der Waals surface area contributed by atoms with E-state index in [-0.39, 0.29) is 6.03 Å². The van der Waals surface area contributed by atoms with Crippen molar-refractivity contribution >= 4 is 11.7 Å². The smallest absolute Gasteiger partial charge is 0.319 e. The largest absolute Gasteiger partial charge is 0.493 e. The molecule has 2 N–H and O–H groups in total. The number of amides is 2. The van der Waals surface area contributed by atoms with Crippen LogP contribution in [-0.4, -0.2) is 57.9 Å². The number of ether oxygens (including phenoxy) is 3. The third-order valence-corrected chi connectivity index (χ3v) is 5.96. The van der Waals surface area contributed by atoms with Crippen molar-refractivity contribution in [1.29, 1.82) is 0 Å². The van der Waals surface area contributed by atoms with Crippen LogP contribution in [0.25, 0.3) is 0 Å². The minimum atomic E-state index is -0.215. The predicted molar refractivity (Wildman–Crippen MR) is 110 cm³/mol. The van der Waals surface area contributed by atoms with Crippen LogP contribution in [0.1, 0.15) is 38.5 Å². The van der Waals surface area contributed by atoms with Crippen LogP contribution in [-0.2, 0) is 0 Å². The van der Waals surface area contributed by atoms with Crippen molar-refractivity contribution < 1.29 is 19.0 Å². The summed E-state index contributed by atoms with van der Waals surface area (Å²) in [5.41, 5.74) is 0.600. The van der Waals surface area contributed by atoms with E-state index in [1.54, 1.807) is 33.5 Å². The van der Waals surface area contributed by atoms with Gasteiger partial charge in [-0.2, -0.15) is 0 Å².